The third-order valence-electron chi connectivity index (χ3n) is 8.66. The summed E-state index contributed by atoms with van der Waals surface area (Å²) in [6.45, 7) is 5.58. The molecule has 190 valence electrons. The van der Waals surface area contributed by atoms with Crippen LogP contribution >= 0.6 is 0 Å². The van der Waals surface area contributed by atoms with E-state index in [-0.39, 0.29) is 6.03 Å². The number of nitrogens with zero attached hydrogens (tertiary/aromatic N) is 3. The highest BCUT2D eigenvalue weighted by atomic mass is 16.2. The molecule has 6 rings (SSSR count). The van der Waals surface area contributed by atoms with Crippen LogP contribution in [0.25, 0.3) is 21.8 Å². The smallest absolute Gasteiger partial charge is 0.317 e. The summed E-state index contributed by atoms with van der Waals surface area (Å²) in [4.78, 5) is 36.9. The number of hydrogen-bond acceptors (Lipinski definition) is 5. The molecule has 5 N–H and O–H groups in total. The lowest BCUT2D eigenvalue weighted by molar-refractivity contribution is 0.100. The van der Waals surface area contributed by atoms with Gasteiger partial charge in [-0.3, -0.25) is 4.79 Å². The molecule has 9 heteroatoms. The van der Waals surface area contributed by atoms with Crippen molar-refractivity contribution in [2.45, 2.75) is 38.0 Å². The lowest BCUT2D eigenvalue weighted by Gasteiger charge is -2.41. The standard InChI is InChI=1S/C27H35N7O2/c1-29-26(36)33-11-5-17(6-12-33)18-3-4-19-21(13-18)32-23-20(24(28)35)14-31-25(22(19)23)34-10-2-7-27(16-34)8-9-30-15-27/h3-4,13-14,17,30,32H,2,5-12,15-16H2,1H3,(H2,28,35)(H,29,36). The minimum absolute atomic E-state index is 0.00796. The number of hydrogen-bond donors (Lipinski definition) is 4. The Balaban J connectivity index is 1.38. The number of nitrogens with one attached hydrogen (secondary N) is 3. The van der Waals surface area contributed by atoms with Gasteiger partial charge in [0.2, 0.25) is 0 Å². The number of aromatic amines is 1. The van der Waals surface area contributed by atoms with Gasteiger partial charge < -0.3 is 31.2 Å². The van der Waals surface area contributed by atoms with Crippen molar-refractivity contribution in [1.82, 2.24) is 25.5 Å². The van der Waals surface area contributed by atoms with Crippen molar-refractivity contribution in [3.05, 3.63) is 35.5 Å². The molecule has 1 unspecified atom stereocenters. The number of pyridine rings is 1. The highest BCUT2D eigenvalue weighted by Gasteiger charge is 2.39. The lowest BCUT2D eigenvalue weighted by Crippen LogP contribution is -2.45. The number of primary amides is 1. The lowest BCUT2D eigenvalue weighted by atomic mass is 9.79. The minimum Gasteiger partial charge on any atom is -0.365 e. The Labute approximate surface area is 210 Å². The molecule has 0 radical (unpaired) electrons. The summed E-state index contributed by atoms with van der Waals surface area (Å²) in [7, 11) is 1.68. The number of likely N-dealkylation sites (tertiary alicyclic amines) is 1. The molecule has 0 saturated carbocycles. The number of urea groups is 1. The second-order valence-electron chi connectivity index (χ2n) is 10.8. The summed E-state index contributed by atoms with van der Waals surface area (Å²) in [5.74, 6) is 0.869. The van der Waals surface area contributed by atoms with Crippen molar-refractivity contribution >= 4 is 39.6 Å². The van der Waals surface area contributed by atoms with Crippen LogP contribution in [0.4, 0.5) is 10.6 Å². The molecule has 5 heterocycles. The number of piperidine rings is 2. The van der Waals surface area contributed by atoms with Gasteiger partial charge in [0.15, 0.2) is 0 Å². The fourth-order valence-electron chi connectivity index (χ4n) is 6.69. The molecule has 1 spiro atoms. The predicted molar refractivity (Wildman–Crippen MR) is 141 cm³/mol. The number of carbonyl (C=O) groups is 2. The van der Waals surface area contributed by atoms with E-state index in [0.29, 0.717) is 16.9 Å². The Morgan fingerprint density at radius 2 is 2.03 bits per heavy atom. The Morgan fingerprint density at radius 1 is 1.19 bits per heavy atom. The number of fused-ring (bicyclic) bond motifs is 3. The first kappa shape index (κ1) is 23.1. The Bertz CT molecular complexity index is 1320. The van der Waals surface area contributed by atoms with Gasteiger partial charge in [0.05, 0.1) is 16.5 Å². The largest absolute Gasteiger partial charge is 0.365 e. The van der Waals surface area contributed by atoms with Crippen molar-refractivity contribution in [3.63, 3.8) is 0 Å². The summed E-state index contributed by atoms with van der Waals surface area (Å²) in [6, 6.07) is 6.57. The number of nitrogens with two attached hydrogens (primary N) is 1. The summed E-state index contributed by atoms with van der Waals surface area (Å²) in [6.07, 6.45) is 7.09. The molecule has 3 saturated heterocycles. The van der Waals surface area contributed by atoms with Crippen molar-refractivity contribution in [3.8, 4) is 0 Å². The van der Waals surface area contributed by atoms with E-state index in [1.54, 1.807) is 13.2 Å². The van der Waals surface area contributed by atoms with Gasteiger partial charge in [-0.1, -0.05) is 12.1 Å². The van der Waals surface area contributed by atoms with Gasteiger partial charge in [-0.15, -0.1) is 0 Å². The molecule has 9 nitrogen and oxygen atoms in total. The molecule has 36 heavy (non-hydrogen) atoms. The second kappa shape index (κ2) is 8.96. The highest BCUT2D eigenvalue weighted by Crippen LogP contribution is 2.41. The monoisotopic (exact) mass is 489 g/mol. The zero-order valence-electron chi connectivity index (χ0n) is 20.9. The first-order valence-electron chi connectivity index (χ1n) is 13.1. The zero-order valence-corrected chi connectivity index (χ0v) is 20.9. The molecular formula is C27H35N7O2. The van der Waals surface area contributed by atoms with Crippen LogP contribution in [0.5, 0.6) is 0 Å². The number of carbonyl (C=O) groups excluding carboxylic acids is 2. The molecule has 3 fully saturated rings. The van der Waals surface area contributed by atoms with Crippen LogP contribution in [0.15, 0.2) is 24.4 Å². The molecule has 2 aromatic heterocycles. The maximum Gasteiger partial charge on any atom is 0.317 e. The average molecular weight is 490 g/mol. The third-order valence-corrected chi connectivity index (χ3v) is 8.66. The van der Waals surface area contributed by atoms with E-state index in [4.69, 9.17) is 10.7 Å². The van der Waals surface area contributed by atoms with Crippen molar-refractivity contribution in [2.75, 3.05) is 51.2 Å². The number of H-pyrrole nitrogens is 1. The predicted octanol–water partition coefficient (Wildman–Crippen LogP) is 2.91. The molecule has 0 aliphatic carbocycles. The van der Waals surface area contributed by atoms with Crippen molar-refractivity contribution < 1.29 is 9.59 Å². The fourth-order valence-corrected chi connectivity index (χ4v) is 6.69. The summed E-state index contributed by atoms with van der Waals surface area (Å²) in [5, 5.41) is 8.34. The van der Waals surface area contributed by atoms with Crippen molar-refractivity contribution in [2.24, 2.45) is 11.1 Å². The molecule has 0 bridgehead atoms. The maximum atomic E-state index is 12.3. The average Bonchev–Trinajstić information content (AvgIpc) is 3.51. The van der Waals surface area contributed by atoms with E-state index in [2.05, 4.69) is 38.7 Å². The normalized spacial score (nSPS) is 23.1. The number of benzene rings is 1. The first-order valence-corrected chi connectivity index (χ1v) is 13.1. The first-order chi connectivity index (χ1) is 17.5. The van der Waals surface area contributed by atoms with E-state index in [1.165, 1.54) is 18.4 Å². The number of anilines is 1. The van der Waals surface area contributed by atoms with E-state index < -0.39 is 5.91 Å². The topological polar surface area (TPSA) is 119 Å². The van der Waals surface area contributed by atoms with Crippen LogP contribution < -0.4 is 21.3 Å². The highest BCUT2D eigenvalue weighted by molar-refractivity contribution is 6.18. The quantitative estimate of drug-likeness (QED) is 0.451. The van der Waals surface area contributed by atoms with Gasteiger partial charge in [0.25, 0.3) is 5.91 Å². The van der Waals surface area contributed by atoms with Crippen LogP contribution in [0.2, 0.25) is 0 Å². The third kappa shape index (κ3) is 3.86. The van der Waals surface area contributed by atoms with Gasteiger partial charge in [-0.05, 0) is 56.2 Å². The van der Waals surface area contributed by atoms with Gasteiger partial charge in [-0.2, -0.15) is 0 Å². The SMILES string of the molecule is CNC(=O)N1CCC(c2ccc3c(c2)[nH]c2c(C(N)=O)cnc(N4CCCC5(CCNC5)C4)c23)CC1. The minimum atomic E-state index is -0.470. The van der Waals surface area contributed by atoms with E-state index >= 15 is 0 Å². The van der Waals surface area contributed by atoms with Crippen LogP contribution in [0, 0.1) is 5.41 Å². The summed E-state index contributed by atoms with van der Waals surface area (Å²) in [5.41, 5.74) is 9.53. The van der Waals surface area contributed by atoms with Crippen LogP contribution in [-0.2, 0) is 0 Å². The molecular weight excluding hydrogens is 454 g/mol. The molecule has 1 atom stereocenters. The van der Waals surface area contributed by atoms with E-state index in [0.717, 1.165) is 86.2 Å². The van der Waals surface area contributed by atoms with Gasteiger partial charge in [0, 0.05) is 62.3 Å². The number of rotatable bonds is 3. The van der Waals surface area contributed by atoms with E-state index in [1.807, 2.05) is 4.90 Å². The maximum absolute atomic E-state index is 12.3. The molecule has 3 aromatic rings. The Morgan fingerprint density at radius 3 is 2.75 bits per heavy atom. The van der Waals surface area contributed by atoms with Crippen LogP contribution in [0.1, 0.15) is 53.9 Å². The molecule has 1 aromatic carbocycles. The van der Waals surface area contributed by atoms with E-state index in [9.17, 15) is 9.59 Å². The number of aromatic nitrogens is 2. The fraction of sp³-hybridized carbons (Fsp3) is 0.519. The Kier molecular flexibility index (Phi) is 5.75. The molecule has 3 aliphatic heterocycles. The molecule has 3 aliphatic rings. The summed E-state index contributed by atoms with van der Waals surface area (Å²) < 4.78 is 0. The Hall–Kier alpha value is -3.33. The van der Waals surface area contributed by atoms with Gasteiger partial charge >= 0.3 is 6.03 Å². The molecule has 3 amide bonds. The van der Waals surface area contributed by atoms with Crippen LogP contribution in [0.3, 0.4) is 0 Å². The van der Waals surface area contributed by atoms with Gasteiger partial charge in [0.1, 0.15) is 5.82 Å². The number of amides is 3. The van der Waals surface area contributed by atoms with Crippen LogP contribution in [-0.4, -0.2) is 73.1 Å². The second-order valence-corrected chi connectivity index (χ2v) is 10.8. The van der Waals surface area contributed by atoms with Gasteiger partial charge in [-0.25, -0.2) is 9.78 Å². The van der Waals surface area contributed by atoms with Crippen molar-refractivity contribution in [1.29, 1.82) is 0 Å². The zero-order chi connectivity index (χ0) is 24.9. The summed E-state index contributed by atoms with van der Waals surface area (Å²) >= 11 is 0.